The van der Waals surface area contributed by atoms with Crippen molar-refractivity contribution in [3.05, 3.63) is 77.9 Å². The van der Waals surface area contributed by atoms with Crippen LogP contribution in [0.3, 0.4) is 0 Å². The Kier molecular flexibility index (Phi) is 13.1. The van der Waals surface area contributed by atoms with Crippen LogP contribution in [-0.2, 0) is 21.2 Å². The number of amides is 1. The number of nitrogens with one attached hydrogen (secondary N) is 2. The van der Waals surface area contributed by atoms with Crippen LogP contribution < -0.4 is 38.4 Å². The van der Waals surface area contributed by atoms with Crippen molar-refractivity contribution >= 4 is 33.7 Å². The van der Waals surface area contributed by atoms with Crippen molar-refractivity contribution in [2.45, 2.75) is 23.8 Å². The molecule has 9 nitrogen and oxygen atoms in total. The number of carbonyl (C=O) groups excluding carboxylic acids is 1. The zero-order chi connectivity index (χ0) is 28.4. The number of hydrogen-bond acceptors (Lipinski definition) is 7. The van der Waals surface area contributed by atoms with Gasteiger partial charge in [0.05, 0.1) is 19.1 Å². The normalized spacial score (nSPS) is 11.7. The van der Waals surface area contributed by atoms with E-state index in [-0.39, 0.29) is 43.7 Å². The topological polar surface area (TPSA) is 131 Å². The van der Waals surface area contributed by atoms with Crippen LogP contribution in [0.25, 0.3) is 11.1 Å². The van der Waals surface area contributed by atoms with E-state index >= 15 is 0 Å². The maximum atomic E-state index is 13.2. The number of carbonyl (C=O) groups is 2. The molecule has 0 saturated carbocycles. The second-order valence-electron chi connectivity index (χ2n) is 8.56. The molecule has 3 aromatic rings. The molecule has 1 amide bonds. The summed E-state index contributed by atoms with van der Waals surface area (Å²) in [6.07, 6.45) is 2.53. The van der Waals surface area contributed by atoms with Gasteiger partial charge in [-0.25, -0.2) is 17.9 Å². The van der Waals surface area contributed by atoms with Gasteiger partial charge in [-0.15, -0.1) is 0 Å². The van der Waals surface area contributed by atoms with E-state index in [4.69, 9.17) is 9.47 Å². The zero-order valence-corrected chi connectivity index (χ0v) is 24.6. The van der Waals surface area contributed by atoms with Crippen LogP contribution in [0.15, 0.2) is 71.6 Å². The average molecular weight is 581 g/mol. The number of carboxylic acids is 1. The molecule has 0 bridgehead atoms. The Labute approximate surface area is 252 Å². The summed E-state index contributed by atoms with van der Waals surface area (Å²) < 4.78 is 39.5. The molecule has 0 heterocycles. The predicted octanol–water partition coefficient (Wildman–Crippen LogP) is 0.944. The van der Waals surface area contributed by atoms with Gasteiger partial charge in [0, 0.05) is 12.1 Å². The number of carboxylic acid groups (broad SMARTS) is 1. The molecule has 0 fully saturated rings. The summed E-state index contributed by atoms with van der Waals surface area (Å²) in [5.74, 6) is -0.0185. The summed E-state index contributed by atoms with van der Waals surface area (Å²) >= 11 is 1.48. The Morgan fingerprint density at radius 2 is 1.70 bits per heavy atom. The van der Waals surface area contributed by atoms with Crippen LogP contribution in [0, 0.1) is 0 Å². The number of aliphatic carboxylic acids is 1. The molecule has 0 radical (unpaired) electrons. The quantitative estimate of drug-likeness (QED) is 0.240. The second-order valence-corrected chi connectivity index (χ2v) is 11.3. The Bertz CT molecular complexity index is 1410. The van der Waals surface area contributed by atoms with Gasteiger partial charge >= 0.3 is 24.8 Å². The number of rotatable bonds is 14. The molecule has 1 atom stereocenters. The van der Waals surface area contributed by atoms with E-state index in [9.17, 15) is 23.1 Å². The van der Waals surface area contributed by atoms with Crippen molar-refractivity contribution < 1.29 is 52.9 Å². The molecular formula is C28H33LiN2O7S2. The van der Waals surface area contributed by atoms with E-state index in [2.05, 4.69) is 10.0 Å². The van der Waals surface area contributed by atoms with Crippen molar-refractivity contribution in [1.29, 1.82) is 0 Å². The SMILES string of the molecule is COc1ccc(CCNS(=O)(=O)c2ccc(C(=O)N[C@@H](CCSC)C(=O)O)c(-c3ccccc3)c2)cc1OC.[H-].[Li+]. The third kappa shape index (κ3) is 8.78. The Balaban J connectivity index is 0.00000420. The van der Waals surface area contributed by atoms with E-state index in [1.54, 1.807) is 43.5 Å². The van der Waals surface area contributed by atoms with Crippen molar-refractivity contribution in [1.82, 2.24) is 10.0 Å². The fraction of sp³-hybridized carbons (Fsp3) is 0.286. The first-order valence-electron chi connectivity index (χ1n) is 12.1. The molecule has 0 aliphatic rings. The smallest absolute Gasteiger partial charge is 1.00 e. The van der Waals surface area contributed by atoms with Gasteiger partial charge in [0.25, 0.3) is 5.91 Å². The molecular weight excluding hydrogens is 547 g/mol. The van der Waals surface area contributed by atoms with E-state index in [0.29, 0.717) is 34.8 Å². The van der Waals surface area contributed by atoms with Gasteiger partial charge in [-0.05, 0) is 71.9 Å². The van der Waals surface area contributed by atoms with Crippen molar-refractivity contribution in [2.24, 2.45) is 0 Å². The number of sulfonamides is 1. The molecule has 12 heteroatoms. The van der Waals surface area contributed by atoms with Gasteiger partial charge < -0.3 is 21.3 Å². The molecule has 0 spiro atoms. The van der Waals surface area contributed by atoms with Gasteiger partial charge in [0.1, 0.15) is 6.04 Å². The molecule has 0 aliphatic heterocycles. The first-order chi connectivity index (χ1) is 18.7. The monoisotopic (exact) mass is 580 g/mol. The van der Waals surface area contributed by atoms with Gasteiger partial charge in [0.2, 0.25) is 10.0 Å². The van der Waals surface area contributed by atoms with Gasteiger partial charge in [0.15, 0.2) is 11.5 Å². The minimum atomic E-state index is -3.91. The largest absolute Gasteiger partial charge is 1.00 e. The summed E-state index contributed by atoms with van der Waals surface area (Å²) in [6, 6.07) is 17.4. The summed E-state index contributed by atoms with van der Waals surface area (Å²) in [4.78, 5) is 24.8. The zero-order valence-electron chi connectivity index (χ0n) is 24.0. The van der Waals surface area contributed by atoms with Gasteiger partial charge in [-0.1, -0.05) is 36.4 Å². The van der Waals surface area contributed by atoms with E-state index in [0.717, 1.165) is 5.56 Å². The van der Waals surface area contributed by atoms with Crippen LogP contribution in [0.4, 0.5) is 0 Å². The molecule has 210 valence electrons. The van der Waals surface area contributed by atoms with Crippen molar-refractivity contribution in [3.63, 3.8) is 0 Å². The van der Waals surface area contributed by atoms with E-state index in [1.807, 2.05) is 18.4 Å². The summed E-state index contributed by atoms with van der Waals surface area (Å²) in [7, 11) is -0.840. The van der Waals surface area contributed by atoms with Crippen LogP contribution in [-0.4, -0.2) is 64.2 Å². The summed E-state index contributed by atoms with van der Waals surface area (Å²) in [6.45, 7) is 0.135. The molecule has 3 aromatic carbocycles. The Morgan fingerprint density at radius 3 is 2.33 bits per heavy atom. The maximum absolute atomic E-state index is 13.2. The first kappa shape index (κ1) is 33.3. The molecule has 0 aliphatic carbocycles. The molecule has 0 saturated heterocycles. The first-order valence-corrected chi connectivity index (χ1v) is 15.0. The van der Waals surface area contributed by atoms with Crippen LogP contribution in [0.2, 0.25) is 0 Å². The summed E-state index contributed by atoms with van der Waals surface area (Å²) in [5.41, 5.74) is 2.05. The molecule has 0 aromatic heterocycles. The minimum Gasteiger partial charge on any atom is -1.00 e. The van der Waals surface area contributed by atoms with E-state index in [1.165, 1.54) is 37.1 Å². The number of methoxy groups -OCH3 is 2. The molecule has 3 N–H and O–H groups in total. The molecule has 0 unspecified atom stereocenters. The van der Waals surface area contributed by atoms with Crippen molar-refractivity contribution in [3.8, 4) is 22.6 Å². The third-order valence-electron chi connectivity index (χ3n) is 6.00. The standard InChI is InChI=1S/C28H32N2O7S2.Li.H/c1-36-25-12-9-19(17-26(25)37-2)13-15-29-39(34,35)21-10-11-22(23(18-21)20-7-5-4-6-8-20)27(31)30-24(28(32)33)14-16-38-3;;/h4-12,17-18,24,29H,13-16H2,1-3H3,(H,30,31)(H,32,33);;/q;+1;-1/t24-;;/m0../s1. The Morgan fingerprint density at radius 1 is 1.00 bits per heavy atom. The molecule has 40 heavy (non-hydrogen) atoms. The third-order valence-corrected chi connectivity index (χ3v) is 8.10. The van der Waals surface area contributed by atoms with Gasteiger partial charge in [-0.2, -0.15) is 11.8 Å². The van der Waals surface area contributed by atoms with Crippen molar-refractivity contribution in [2.75, 3.05) is 32.8 Å². The van der Waals surface area contributed by atoms with Crippen LogP contribution >= 0.6 is 11.8 Å². The predicted molar refractivity (Wildman–Crippen MR) is 153 cm³/mol. The average Bonchev–Trinajstić information content (AvgIpc) is 2.94. The maximum Gasteiger partial charge on any atom is 1.00 e. The van der Waals surface area contributed by atoms with Crippen LogP contribution in [0.5, 0.6) is 11.5 Å². The minimum absolute atomic E-state index is 0. The fourth-order valence-corrected chi connectivity index (χ4v) is 5.45. The summed E-state index contributed by atoms with van der Waals surface area (Å²) in [5, 5.41) is 12.1. The van der Waals surface area contributed by atoms with E-state index < -0.39 is 27.9 Å². The van der Waals surface area contributed by atoms with Crippen LogP contribution in [0.1, 0.15) is 23.8 Å². The Hall–Kier alpha value is -2.94. The van der Waals surface area contributed by atoms with Gasteiger partial charge in [-0.3, -0.25) is 4.79 Å². The molecule has 3 rings (SSSR count). The fourth-order valence-electron chi connectivity index (χ4n) is 3.92. The number of hydrogen-bond donors (Lipinski definition) is 3. The number of ether oxygens (including phenoxy) is 2. The second kappa shape index (κ2) is 15.7. The number of thioether (sulfide) groups is 1. The number of benzene rings is 3.